The lowest BCUT2D eigenvalue weighted by Crippen LogP contribution is -2.27. The van der Waals surface area contributed by atoms with E-state index in [-0.39, 0.29) is 12.4 Å². The van der Waals surface area contributed by atoms with E-state index < -0.39 is 0 Å². The second-order valence-corrected chi connectivity index (χ2v) is 5.73. The summed E-state index contributed by atoms with van der Waals surface area (Å²) in [6, 6.07) is 6.16. The Morgan fingerprint density at radius 3 is 2.61 bits per heavy atom. The third kappa shape index (κ3) is 2.90. The fraction of sp³-hybridized carbons (Fsp3) is 0.600. The molecule has 0 saturated heterocycles. The van der Waals surface area contributed by atoms with Crippen molar-refractivity contribution in [3.05, 3.63) is 35.1 Å². The Kier molecular flexibility index (Phi) is 3.35. The van der Waals surface area contributed by atoms with Crippen molar-refractivity contribution in [2.24, 2.45) is 11.7 Å². The smallest absolute Gasteiger partial charge is 0.127 e. The molecule has 0 atom stereocenters. The van der Waals surface area contributed by atoms with Crippen LogP contribution in [0.5, 0.6) is 0 Å². The van der Waals surface area contributed by atoms with Gasteiger partial charge in [-0.05, 0) is 43.2 Å². The second-order valence-electron chi connectivity index (χ2n) is 5.73. The van der Waals surface area contributed by atoms with Crippen LogP contribution < -0.4 is 5.73 Å². The molecule has 0 aliphatic heterocycles. The first kappa shape index (κ1) is 12.1. The second kappa shape index (κ2) is 4.98. The number of benzene rings is 1. The summed E-state index contributed by atoms with van der Waals surface area (Å²) in [6.07, 6.45) is 5.44. The van der Waals surface area contributed by atoms with Crippen LogP contribution in [0.2, 0.25) is 0 Å². The molecule has 2 nitrogen and oxygen atoms in total. The zero-order valence-corrected chi connectivity index (χ0v) is 10.7. The Morgan fingerprint density at radius 1 is 1.22 bits per heavy atom. The largest absolute Gasteiger partial charge is 0.326 e. The maximum absolute atomic E-state index is 13.4. The molecule has 2 fully saturated rings. The first-order chi connectivity index (χ1) is 8.76. The van der Waals surface area contributed by atoms with E-state index in [1.54, 1.807) is 6.07 Å². The molecule has 0 aromatic heterocycles. The normalized spacial score (nSPS) is 19.5. The van der Waals surface area contributed by atoms with E-state index in [0.29, 0.717) is 5.56 Å². The van der Waals surface area contributed by atoms with Gasteiger partial charge in [0.05, 0.1) is 0 Å². The third-order valence-electron chi connectivity index (χ3n) is 3.97. The molecular formula is C15H21FN2. The molecule has 0 heterocycles. The van der Waals surface area contributed by atoms with Gasteiger partial charge in [-0.25, -0.2) is 4.39 Å². The molecule has 0 radical (unpaired) electrons. The Labute approximate surface area is 108 Å². The predicted octanol–water partition coefficient (Wildman–Crippen LogP) is 2.66. The first-order valence-corrected chi connectivity index (χ1v) is 6.97. The van der Waals surface area contributed by atoms with Crippen LogP contribution >= 0.6 is 0 Å². The van der Waals surface area contributed by atoms with Crippen LogP contribution in [0.3, 0.4) is 0 Å². The minimum atomic E-state index is -0.179. The number of rotatable bonds is 6. The summed E-state index contributed by atoms with van der Waals surface area (Å²) < 4.78 is 13.4. The summed E-state index contributed by atoms with van der Waals surface area (Å²) in [5.41, 5.74) is 7.39. The molecule has 0 bridgehead atoms. The van der Waals surface area contributed by atoms with Gasteiger partial charge in [0.25, 0.3) is 0 Å². The van der Waals surface area contributed by atoms with Gasteiger partial charge < -0.3 is 5.73 Å². The average molecular weight is 248 g/mol. The zero-order chi connectivity index (χ0) is 12.5. The standard InChI is InChI=1S/C15H21FN2/c16-15-6-3-12(7-13(15)8-17)10-18(14-4-5-14)9-11-1-2-11/h3,6-7,11,14H,1-2,4-5,8-10,17H2. The Hall–Kier alpha value is -0.930. The highest BCUT2D eigenvalue weighted by Crippen LogP contribution is 2.35. The summed E-state index contributed by atoms with van der Waals surface area (Å²) in [5.74, 6) is 0.737. The number of hydrogen-bond donors (Lipinski definition) is 1. The molecule has 1 aromatic carbocycles. The fourth-order valence-electron chi connectivity index (χ4n) is 2.53. The minimum absolute atomic E-state index is 0.179. The lowest BCUT2D eigenvalue weighted by atomic mass is 10.1. The predicted molar refractivity (Wildman–Crippen MR) is 70.4 cm³/mol. The molecule has 3 heteroatoms. The van der Waals surface area contributed by atoms with Gasteiger partial charge in [-0.3, -0.25) is 4.90 Å². The quantitative estimate of drug-likeness (QED) is 0.838. The molecule has 0 unspecified atom stereocenters. The number of halogens is 1. The van der Waals surface area contributed by atoms with Gasteiger partial charge in [-0.1, -0.05) is 12.1 Å². The summed E-state index contributed by atoms with van der Waals surface area (Å²) in [5, 5.41) is 0. The van der Waals surface area contributed by atoms with E-state index in [0.717, 1.165) is 18.5 Å². The Balaban J connectivity index is 1.68. The maximum atomic E-state index is 13.4. The maximum Gasteiger partial charge on any atom is 0.127 e. The summed E-state index contributed by atoms with van der Waals surface area (Å²) in [6.45, 7) is 2.46. The lowest BCUT2D eigenvalue weighted by Gasteiger charge is -2.22. The molecule has 0 spiro atoms. The molecule has 2 N–H and O–H groups in total. The van der Waals surface area contributed by atoms with Crippen LogP contribution in [0.25, 0.3) is 0 Å². The third-order valence-corrected chi connectivity index (χ3v) is 3.97. The molecule has 2 aliphatic carbocycles. The van der Waals surface area contributed by atoms with Crippen LogP contribution in [-0.4, -0.2) is 17.5 Å². The number of nitrogens with two attached hydrogens (primary N) is 1. The van der Waals surface area contributed by atoms with Gasteiger partial charge in [0, 0.05) is 31.2 Å². The van der Waals surface area contributed by atoms with Crippen molar-refractivity contribution >= 4 is 0 Å². The van der Waals surface area contributed by atoms with Crippen molar-refractivity contribution in [2.45, 2.75) is 44.8 Å². The Morgan fingerprint density at radius 2 is 2.00 bits per heavy atom. The lowest BCUT2D eigenvalue weighted by molar-refractivity contribution is 0.244. The average Bonchev–Trinajstić information content (AvgIpc) is 3.23. The van der Waals surface area contributed by atoms with Crippen molar-refractivity contribution in [1.82, 2.24) is 4.90 Å². The molecular weight excluding hydrogens is 227 g/mol. The first-order valence-electron chi connectivity index (χ1n) is 6.97. The topological polar surface area (TPSA) is 29.3 Å². The van der Waals surface area contributed by atoms with E-state index in [2.05, 4.69) is 4.90 Å². The van der Waals surface area contributed by atoms with Crippen molar-refractivity contribution in [1.29, 1.82) is 0 Å². The molecule has 18 heavy (non-hydrogen) atoms. The highest BCUT2D eigenvalue weighted by Gasteiger charge is 2.33. The van der Waals surface area contributed by atoms with Gasteiger partial charge >= 0.3 is 0 Å². The molecule has 2 aliphatic rings. The van der Waals surface area contributed by atoms with E-state index >= 15 is 0 Å². The number of hydrogen-bond acceptors (Lipinski definition) is 2. The van der Waals surface area contributed by atoms with Gasteiger partial charge in [-0.2, -0.15) is 0 Å². The highest BCUT2D eigenvalue weighted by atomic mass is 19.1. The highest BCUT2D eigenvalue weighted by molar-refractivity contribution is 5.25. The van der Waals surface area contributed by atoms with Crippen molar-refractivity contribution < 1.29 is 4.39 Å². The van der Waals surface area contributed by atoms with Crippen molar-refractivity contribution in [3.63, 3.8) is 0 Å². The summed E-state index contributed by atoms with van der Waals surface area (Å²) in [4.78, 5) is 2.57. The van der Waals surface area contributed by atoms with E-state index in [1.165, 1.54) is 37.8 Å². The molecule has 3 rings (SSSR count). The van der Waals surface area contributed by atoms with Crippen molar-refractivity contribution in [3.8, 4) is 0 Å². The van der Waals surface area contributed by atoms with E-state index in [9.17, 15) is 4.39 Å². The Bertz CT molecular complexity index is 425. The zero-order valence-electron chi connectivity index (χ0n) is 10.7. The van der Waals surface area contributed by atoms with E-state index in [4.69, 9.17) is 5.73 Å². The molecule has 0 amide bonds. The van der Waals surface area contributed by atoms with E-state index in [1.807, 2.05) is 12.1 Å². The molecule has 2 saturated carbocycles. The SMILES string of the molecule is NCc1cc(CN(CC2CC2)C2CC2)ccc1F. The summed E-state index contributed by atoms with van der Waals surface area (Å²) in [7, 11) is 0. The minimum Gasteiger partial charge on any atom is -0.326 e. The van der Waals surface area contributed by atoms with Gasteiger partial charge in [0.1, 0.15) is 5.82 Å². The van der Waals surface area contributed by atoms with Gasteiger partial charge in [0.15, 0.2) is 0 Å². The van der Waals surface area contributed by atoms with Crippen LogP contribution in [-0.2, 0) is 13.1 Å². The monoisotopic (exact) mass is 248 g/mol. The molecule has 1 aromatic rings. The summed E-state index contributed by atoms with van der Waals surface area (Å²) >= 11 is 0. The van der Waals surface area contributed by atoms with Gasteiger partial charge in [-0.15, -0.1) is 0 Å². The van der Waals surface area contributed by atoms with Crippen LogP contribution in [0.1, 0.15) is 36.8 Å². The van der Waals surface area contributed by atoms with Crippen molar-refractivity contribution in [2.75, 3.05) is 6.54 Å². The number of nitrogens with zero attached hydrogens (tertiary/aromatic N) is 1. The molecule has 98 valence electrons. The fourth-order valence-corrected chi connectivity index (χ4v) is 2.53. The van der Waals surface area contributed by atoms with Crippen LogP contribution in [0.15, 0.2) is 18.2 Å². The van der Waals surface area contributed by atoms with Gasteiger partial charge in [0.2, 0.25) is 0 Å². The van der Waals surface area contributed by atoms with Crippen LogP contribution in [0.4, 0.5) is 4.39 Å². The van der Waals surface area contributed by atoms with Crippen LogP contribution in [0, 0.1) is 11.7 Å².